The molecule has 11 heteroatoms. The first-order chi connectivity index (χ1) is 9.63. The summed E-state index contributed by atoms with van der Waals surface area (Å²) in [5.41, 5.74) is -0.488. The van der Waals surface area contributed by atoms with Gasteiger partial charge in [-0.1, -0.05) is 11.6 Å². The van der Waals surface area contributed by atoms with Crippen molar-refractivity contribution in [2.45, 2.75) is 6.42 Å². The van der Waals surface area contributed by atoms with Gasteiger partial charge in [-0.3, -0.25) is 19.6 Å². The highest BCUT2D eigenvalue weighted by Crippen LogP contribution is 2.27. The van der Waals surface area contributed by atoms with Gasteiger partial charge in [0, 0.05) is 25.7 Å². The highest BCUT2D eigenvalue weighted by molar-refractivity contribution is 7.90. The first kappa shape index (κ1) is 17.1. The van der Waals surface area contributed by atoms with Gasteiger partial charge in [0.2, 0.25) is 0 Å². The number of anilines is 1. The average molecular weight is 338 g/mol. The summed E-state index contributed by atoms with van der Waals surface area (Å²) in [6, 6.07) is 3.30. The zero-order valence-electron chi connectivity index (χ0n) is 10.8. The predicted molar refractivity (Wildman–Crippen MR) is 75.5 cm³/mol. The number of nitro groups is 1. The van der Waals surface area contributed by atoms with Gasteiger partial charge in [-0.25, -0.2) is 0 Å². The summed E-state index contributed by atoms with van der Waals surface area (Å²) in [5.74, 6) is -1.15. The van der Waals surface area contributed by atoms with E-state index in [0.717, 1.165) is 16.4 Å². The maximum atomic E-state index is 11.9. The number of hydrogen-bond acceptors (Lipinski definition) is 5. The van der Waals surface area contributed by atoms with Crippen LogP contribution in [0.1, 0.15) is 6.42 Å². The Morgan fingerprint density at radius 2 is 2.14 bits per heavy atom. The van der Waals surface area contributed by atoms with Crippen LogP contribution < -0.4 is 4.72 Å². The van der Waals surface area contributed by atoms with E-state index in [1.165, 1.54) is 13.1 Å². The van der Waals surface area contributed by atoms with Crippen molar-refractivity contribution >= 4 is 39.2 Å². The fourth-order valence-corrected chi connectivity index (χ4v) is 2.45. The lowest BCUT2D eigenvalue weighted by molar-refractivity contribution is -0.384. The number of rotatable bonds is 7. The van der Waals surface area contributed by atoms with Crippen LogP contribution in [0.15, 0.2) is 18.2 Å². The molecular formula is C10H12ClN3O6S. The largest absolute Gasteiger partial charge is 0.481 e. The van der Waals surface area contributed by atoms with Crippen molar-refractivity contribution in [3.8, 4) is 0 Å². The number of carboxylic acid groups (broad SMARTS) is 1. The molecule has 116 valence electrons. The number of nitro benzene ring substituents is 1. The Morgan fingerprint density at radius 3 is 2.67 bits per heavy atom. The number of nitrogens with one attached hydrogen (secondary N) is 1. The van der Waals surface area contributed by atoms with Gasteiger partial charge in [0.05, 0.1) is 22.1 Å². The van der Waals surface area contributed by atoms with E-state index in [1.54, 1.807) is 0 Å². The van der Waals surface area contributed by atoms with Crippen molar-refractivity contribution in [1.82, 2.24) is 4.31 Å². The van der Waals surface area contributed by atoms with Crippen molar-refractivity contribution in [2.75, 3.05) is 18.3 Å². The van der Waals surface area contributed by atoms with Crippen molar-refractivity contribution in [1.29, 1.82) is 0 Å². The molecule has 0 aliphatic rings. The zero-order valence-corrected chi connectivity index (χ0v) is 12.4. The summed E-state index contributed by atoms with van der Waals surface area (Å²) in [6.07, 6.45) is -0.375. The molecule has 1 rings (SSSR count). The smallest absolute Gasteiger partial charge is 0.304 e. The predicted octanol–water partition coefficient (Wildman–Crippen LogP) is 1.31. The number of carboxylic acids is 1. The number of aliphatic carboxylic acids is 1. The number of non-ortho nitro benzene ring substituents is 1. The van der Waals surface area contributed by atoms with Crippen LogP contribution in [0.2, 0.25) is 5.02 Å². The molecule has 0 aliphatic heterocycles. The quantitative estimate of drug-likeness (QED) is 0.570. The van der Waals surface area contributed by atoms with E-state index >= 15 is 0 Å². The minimum atomic E-state index is -4.06. The first-order valence-corrected chi connectivity index (χ1v) is 7.35. The maximum Gasteiger partial charge on any atom is 0.304 e. The van der Waals surface area contributed by atoms with Crippen LogP contribution in [0.5, 0.6) is 0 Å². The fraction of sp³-hybridized carbons (Fsp3) is 0.300. The molecule has 0 unspecified atom stereocenters. The van der Waals surface area contributed by atoms with E-state index in [4.69, 9.17) is 16.7 Å². The van der Waals surface area contributed by atoms with E-state index in [1.807, 2.05) is 0 Å². The second-order valence-corrected chi connectivity index (χ2v) is 6.18. The molecule has 0 fully saturated rings. The Kier molecular flexibility index (Phi) is 5.47. The lowest BCUT2D eigenvalue weighted by atomic mass is 10.3. The third kappa shape index (κ3) is 4.85. The average Bonchev–Trinajstić information content (AvgIpc) is 2.37. The fourth-order valence-electron chi connectivity index (χ4n) is 1.30. The van der Waals surface area contributed by atoms with Crippen LogP contribution in [-0.2, 0) is 15.0 Å². The number of benzene rings is 1. The van der Waals surface area contributed by atoms with Crippen LogP contribution in [-0.4, -0.2) is 42.3 Å². The van der Waals surface area contributed by atoms with Gasteiger partial charge in [-0.2, -0.15) is 12.7 Å². The Hall–Kier alpha value is -1.91. The van der Waals surface area contributed by atoms with Gasteiger partial charge in [-0.15, -0.1) is 0 Å². The highest BCUT2D eigenvalue weighted by atomic mass is 35.5. The van der Waals surface area contributed by atoms with Crippen LogP contribution >= 0.6 is 11.6 Å². The van der Waals surface area contributed by atoms with Crippen LogP contribution in [0, 0.1) is 10.1 Å². The molecule has 0 heterocycles. The minimum absolute atomic E-state index is 0.0178. The Balaban J connectivity index is 2.95. The van der Waals surface area contributed by atoms with E-state index in [-0.39, 0.29) is 29.4 Å². The van der Waals surface area contributed by atoms with E-state index < -0.39 is 21.1 Å². The molecule has 9 nitrogen and oxygen atoms in total. The summed E-state index contributed by atoms with van der Waals surface area (Å²) in [7, 11) is -2.88. The van der Waals surface area contributed by atoms with Crippen molar-refractivity contribution < 1.29 is 23.2 Å². The zero-order chi connectivity index (χ0) is 16.2. The second kappa shape index (κ2) is 6.70. The summed E-state index contributed by atoms with van der Waals surface area (Å²) >= 11 is 5.78. The summed E-state index contributed by atoms with van der Waals surface area (Å²) < 4.78 is 26.7. The minimum Gasteiger partial charge on any atom is -0.481 e. The van der Waals surface area contributed by atoms with Gasteiger partial charge in [-0.05, 0) is 6.07 Å². The Morgan fingerprint density at radius 1 is 1.52 bits per heavy atom. The third-order valence-corrected chi connectivity index (χ3v) is 4.26. The first-order valence-electron chi connectivity index (χ1n) is 5.53. The maximum absolute atomic E-state index is 11.9. The van der Waals surface area contributed by atoms with Crippen molar-refractivity contribution in [2.24, 2.45) is 0 Å². The van der Waals surface area contributed by atoms with Crippen molar-refractivity contribution in [3.05, 3.63) is 33.3 Å². The van der Waals surface area contributed by atoms with Crippen LogP contribution in [0.4, 0.5) is 11.4 Å². The number of nitrogens with zero attached hydrogens (tertiary/aromatic N) is 2. The summed E-state index contributed by atoms with van der Waals surface area (Å²) in [6.45, 7) is -0.253. The molecule has 0 amide bonds. The van der Waals surface area contributed by atoms with Gasteiger partial charge < -0.3 is 5.11 Å². The normalized spacial score (nSPS) is 11.4. The topological polar surface area (TPSA) is 130 Å². The molecule has 2 N–H and O–H groups in total. The molecule has 1 aromatic rings. The van der Waals surface area contributed by atoms with Gasteiger partial charge >= 0.3 is 16.2 Å². The molecular weight excluding hydrogens is 326 g/mol. The lowest BCUT2D eigenvalue weighted by Crippen LogP contribution is -2.34. The molecule has 0 saturated heterocycles. The third-order valence-electron chi connectivity index (χ3n) is 2.45. The number of halogens is 1. The molecule has 0 spiro atoms. The Bertz CT molecular complexity index is 663. The molecule has 21 heavy (non-hydrogen) atoms. The highest BCUT2D eigenvalue weighted by Gasteiger charge is 2.21. The second-order valence-electron chi connectivity index (χ2n) is 3.99. The number of carbonyl (C=O) groups is 1. The van der Waals surface area contributed by atoms with E-state index in [2.05, 4.69) is 4.72 Å². The Labute approximate surface area is 125 Å². The molecule has 0 aromatic heterocycles. The van der Waals surface area contributed by atoms with Gasteiger partial charge in [0.15, 0.2) is 0 Å². The standard InChI is InChI=1S/C10H12ClN3O6S/c1-13(5-4-10(15)16)21(19,20)12-9-6-7(14(17)18)2-3-8(9)11/h2-3,6,12H,4-5H2,1H3,(H,15,16). The molecule has 0 saturated carbocycles. The molecule has 0 atom stereocenters. The van der Waals surface area contributed by atoms with Crippen LogP contribution in [0.3, 0.4) is 0 Å². The molecule has 0 aliphatic carbocycles. The van der Waals surface area contributed by atoms with Crippen molar-refractivity contribution in [3.63, 3.8) is 0 Å². The summed E-state index contributed by atoms with van der Waals surface area (Å²) in [4.78, 5) is 20.4. The molecule has 0 bridgehead atoms. The van der Waals surface area contributed by atoms with Gasteiger partial charge in [0.25, 0.3) is 5.69 Å². The molecule has 1 aromatic carbocycles. The number of hydrogen-bond donors (Lipinski definition) is 2. The monoisotopic (exact) mass is 337 g/mol. The van der Waals surface area contributed by atoms with Gasteiger partial charge in [0.1, 0.15) is 0 Å². The molecule has 0 radical (unpaired) electrons. The van der Waals surface area contributed by atoms with E-state index in [9.17, 15) is 23.3 Å². The SMILES string of the molecule is CN(CCC(=O)O)S(=O)(=O)Nc1cc([N+](=O)[O-])ccc1Cl. The van der Waals surface area contributed by atoms with Crippen LogP contribution in [0.25, 0.3) is 0 Å². The lowest BCUT2D eigenvalue weighted by Gasteiger charge is -2.17. The van der Waals surface area contributed by atoms with E-state index in [0.29, 0.717) is 0 Å². The summed E-state index contributed by atoms with van der Waals surface area (Å²) in [5, 5.41) is 19.2.